The molecular weight excluding hydrogens is 306 g/mol. The fraction of sp³-hybridized carbons (Fsp3) is 0.0714. The first kappa shape index (κ1) is 15.6. The molecule has 4 nitrogen and oxygen atoms in total. The van der Waals surface area contributed by atoms with E-state index in [1.165, 1.54) is 0 Å². The number of halogens is 4. The molecule has 2 rings (SSSR count). The molecule has 0 bridgehead atoms. The summed E-state index contributed by atoms with van der Waals surface area (Å²) < 4.78 is 51.3. The Morgan fingerprint density at radius 1 is 1.09 bits per heavy atom. The number of nitro benzene ring substituents is 1. The molecule has 0 unspecified atom stereocenters. The lowest BCUT2D eigenvalue weighted by Gasteiger charge is -2.09. The van der Waals surface area contributed by atoms with Crippen LogP contribution >= 0.6 is 0 Å². The van der Waals surface area contributed by atoms with Gasteiger partial charge in [-0.05, 0) is 29.8 Å². The van der Waals surface area contributed by atoms with Crippen molar-refractivity contribution < 1.29 is 27.3 Å². The minimum absolute atomic E-state index is 0.0684. The van der Waals surface area contributed by atoms with Crippen molar-refractivity contribution in [1.29, 1.82) is 0 Å². The van der Waals surface area contributed by atoms with Crippen LogP contribution in [-0.4, -0.2) is 11.2 Å². The number of carbonyl (C=O) groups is 1. The molecule has 0 aliphatic carbocycles. The monoisotopic (exact) mass is 313 g/mol. The number of benzene rings is 2. The topological polar surface area (TPSA) is 60.2 Å². The number of hydrogen-bond donors (Lipinski definition) is 0. The van der Waals surface area contributed by atoms with Gasteiger partial charge in [0.15, 0.2) is 6.29 Å². The zero-order chi connectivity index (χ0) is 16.5. The summed E-state index contributed by atoms with van der Waals surface area (Å²) >= 11 is 0. The maximum atomic E-state index is 13.8. The van der Waals surface area contributed by atoms with E-state index in [1.54, 1.807) is 0 Å². The summed E-state index contributed by atoms with van der Waals surface area (Å²) in [6, 6.07) is 5.15. The minimum atomic E-state index is -4.68. The molecule has 0 amide bonds. The number of nitro groups is 1. The van der Waals surface area contributed by atoms with Gasteiger partial charge in [0.1, 0.15) is 5.82 Å². The summed E-state index contributed by atoms with van der Waals surface area (Å²) in [6.45, 7) is 0. The molecule has 0 heterocycles. The lowest BCUT2D eigenvalue weighted by molar-refractivity contribution is -0.385. The molecule has 8 heteroatoms. The van der Waals surface area contributed by atoms with Crippen LogP contribution in [0.3, 0.4) is 0 Å². The van der Waals surface area contributed by atoms with Crippen molar-refractivity contribution in [3.8, 4) is 11.1 Å². The molecule has 0 saturated carbocycles. The fourth-order valence-electron chi connectivity index (χ4n) is 1.91. The van der Waals surface area contributed by atoms with E-state index < -0.39 is 28.2 Å². The molecule has 2 aromatic rings. The Morgan fingerprint density at radius 2 is 1.77 bits per heavy atom. The molecule has 0 fully saturated rings. The third-order valence-corrected chi connectivity index (χ3v) is 2.96. The molecule has 0 aliphatic rings. The molecule has 0 radical (unpaired) electrons. The number of rotatable bonds is 3. The Kier molecular flexibility index (Phi) is 3.94. The number of nitrogens with zero attached hydrogens (tertiary/aromatic N) is 1. The van der Waals surface area contributed by atoms with Gasteiger partial charge in [0.2, 0.25) is 0 Å². The van der Waals surface area contributed by atoms with E-state index >= 15 is 0 Å². The van der Waals surface area contributed by atoms with Gasteiger partial charge in [-0.2, -0.15) is 13.2 Å². The second kappa shape index (κ2) is 5.55. The highest BCUT2D eigenvalue weighted by atomic mass is 19.4. The van der Waals surface area contributed by atoms with E-state index in [2.05, 4.69) is 0 Å². The highest BCUT2D eigenvalue weighted by molar-refractivity contribution is 5.84. The largest absolute Gasteiger partial charge is 0.416 e. The van der Waals surface area contributed by atoms with Crippen LogP contribution in [0, 0.1) is 15.9 Å². The molecule has 22 heavy (non-hydrogen) atoms. The number of alkyl halides is 3. The van der Waals surface area contributed by atoms with Crippen LogP contribution in [0.2, 0.25) is 0 Å². The second-order valence-corrected chi connectivity index (χ2v) is 4.34. The summed E-state index contributed by atoms with van der Waals surface area (Å²) in [5, 5.41) is 10.7. The first-order chi connectivity index (χ1) is 10.2. The Labute approximate surface area is 121 Å². The standard InChI is InChI=1S/C14H7F4NO3/c15-12-6-10(14(16,17)18)2-3-11(12)8-1-4-13(19(21)22)9(5-8)7-20/h1-7H. The highest BCUT2D eigenvalue weighted by Crippen LogP contribution is 2.33. The van der Waals surface area contributed by atoms with Crippen LogP contribution in [-0.2, 0) is 6.18 Å². The number of hydrogen-bond acceptors (Lipinski definition) is 3. The fourth-order valence-corrected chi connectivity index (χ4v) is 1.91. The minimum Gasteiger partial charge on any atom is -0.298 e. The van der Waals surface area contributed by atoms with Gasteiger partial charge in [0, 0.05) is 11.6 Å². The van der Waals surface area contributed by atoms with Gasteiger partial charge in [-0.1, -0.05) is 6.07 Å². The van der Waals surface area contributed by atoms with Crippen molar-refractivity contribution >= 4 is 12.0 Å². The predicted octanol–water partition coefficient (Wildman–Crippen LogP) is 4.23. The first-order valence-electron chi connectivity index (χ1n) is 5.85. The van der Waals surface area contributed by atoms with Crippen molar-refractivity contribution in [3.63, 3.8) is 0 Å². The SMILES string of the molecule is O=Cc1cc(-c2ccc(C(F)(F)F)cc2F)ccc1[N+](=O)[O-]. The van der Waals surface area contributed by atoms with Gasteiger partial charge in [-0.25, -0.2) is 4.39 Å². The predicted molar refractivity (Wildman–Crippen MR) is 68.9 cm³/mol. The lowest BCUT2D eigenvalue weighted by atomic mass is 10.0. The van der Waals surface area contributed by atoms with Gasteiger partial charge in [0.05, 0.1) is 16.1 Å². The van der Waals surface area contributed by atoms with E-state index in [-0.39, 0.29) is 23.0 Å². The van der Waals surface area contributed by atoms with E-state index in [9.17, 15) is 32.5 Å². The summed E-state index contributed by atoms with van der Waals surface area (Å²) in [5.41, 5.74) is -2.02. The van der Waals surface area contributed by atoms with Gasteiger partial charge in [-0.3, -0.25) is 14.9 Å². The van der Waals surface area contributed by atoms with Gasteiger partial charge < -0.3 is 0 Å². The van der Waals surface area contributed by atoms with Crippen molar-refractivity contribution in [2.24, 2.45) is 0 Å². The average molecular weight is 313 g/mol. The Hall–Kier alpha value is -2.77. The van der Waals surface area contributed by atoms with E-state index in [0.29, 0.717) is 12.1 Å². The molecule has 0 aliphatic heterocycles. The van der Waals surface area contributed by atoms with Crippen molar-refractivity contribution in [2.45, 2.75) is 6.18 Å². The van der Waals surface area contributed by atoms with E-state index in [1.807, 2.05) is 0 Å². The summed E-state index contributed by atoms with van der Waals surface area (Å²) in [4.78, 5) is 20.8. The molecule has 0 aromatic heterocycles. The van der Waals surface area contributed by atoms with Crippen LogP contribution in [0.5, 0.6) is 0 Å². The van der Waals surface area contributed by atoms with Crippen molar-refractivity contribution in [1.82, 2.24) is 0 Å². The van der Waals surface area contributed by atoms with E-state index in [4.69, 9.17) is 0 Å². The summed E-state index contributed by atoms with van der Waals surface area (Å²) in [6.07, 6.45) is -4.45. The third-order valence-electron chi connectivity index (χ3n) is 2.96. The molecule has 0 saturated heterocycles. The zero-order valence-corrected chi connectivity index (χ0v) is 10.7. The van der Waals surface area contributed by atoms with Crippen LogP contribution in [0.4, 0.5) is 23.2 Å². The van der Waals surface area contributed by atoms with Gasteiger partial charge in [-0.15, -0.1) is 0 Å². The normalized spacial score (nSPS) is 11.3. The Balaban J connectivity index is 2.53. The molecule has 0 N–H and O–H groups in total. The maximum Gasteiger partial charge on any atom is 0.416 e. The number of aldehydes is 1. The maximum absolute atomic E-state index is 13.8. The molecule has 0 atom stereocenters. The van der Waals surface area contributed by atoms with Crippen LogP contribution in [0.1, 0.15) is 15.9 Å². The third kappa shape index (κ3) is 2.95. The zero-order valence-electron chi connectivity index (χ0n) is 10.7. The smallest absolute Gasteiger partial charge is 0.298 e. The first-order valence-corrected chi connectivity index (χ1v) is 5.85. The van der Waals surface area contributed by atoms with Crippen LogP contribution in [0.15, 0.2) is 36.4 Å². The highest BCUT2D eigenvalue weighted by Gasteiger charge is 2.31. The van der Waals surface area contributed by atoms with Gasteiger partial charge in [0.25, 0.3) is 5.69 Å². The molecule has 114 valence electrons. The lowest BCUT2D eigenvalue weighted by Crippen LogP contribution is -2.05. The molecular formula is C14H7F4NO3. The Bertz CT molecular complexity index is 756. The summed E-state index contributed by atoms with van der Waals surface area (Å²) in [7, 11) is 0. The summed E-state index contributed by atoms with van der Waals surface area (Å²) in [5.74, 6) is -1.14. The molecule has 2 aromatic carbocycles. The second-order valence-electron chi connectivity index (χ2n) is 4.34. The van der Waals surface area contributed by atoms with Crippen LogP contribution < -0.4 is 0 Å². The van der Waals surface area contributed by atoms with Gasteiger partial charge >= 0.3 is 6.18 Å². The quantitative estimate of drug-likeness (QED) is 0.369. The average Bonchev–Trinajstić information content (AvgIpc) is 2.45. The van der Waals surface area contributed by atoms with E-state index in [0.717, 1.165) is 24.3 Å². The van der Waals surface area contributed by atoms with Crippen molar-refractivity contribution in [3.05, 3.63) is 63.5 Å². The molecule has 0 spiro atoms. The van der Waals surface area contributed by atoms with Crippen LogP contribution in [0.25, 0.3) is 11.1 Å². The Morgan fingerprint density at radius 3 is 2.27 bits per heavy atom. The van der Waals surface area contributed by atoms with Crippen molar-refractivity contribution in [2.75, 3.05) is 0 Å². The number of carbonyl (C=O) groups excluding carboxylic acids is 1.